The molecule has 0 radical (unpaired) electrons. The molecular formula is C15H11FO5. The zero-order valence-electron chi connectivity index (χ0n) is 11.0. The van der Waals surface area contributed by atoms with E-state index >= 15 is 0 Å². The number of rotatable bonds is 2. The molecule has 2 unspecified atom stereocenters. The number of hydrogen-bond donors (Lipinski definition) is 1. The summed E-state index contributed by atoms with van der Waals surface area (Å²) in [5, 5.41) is 10.2. The highest BCUT2D eigenvalue weighted by molar-refractivity contribution is 6.04. The van der Waals surface area contributed by atoms with Crippen LogP contribution in [0.5, 0.6) is 5.75 Å². The number of ether oxygens (including phenoxy) is 1. The van der Waals surface area contributed by atoms with E-state index < -0.39 is 29.4 Å². The average Bonchev–Trinajstić information content (AvgIpc) is 2.76. The molecule has 3 rings (SSSR count). The first kappa shape index (κ1) is 13.5. The van der Waals surface area contributed by atoms with Crippen molar-refractivity contribution in [2.24, 2.45) is 0 Å². The highest BCUT2D eigenvalue weighted by Gasteiger charge is 2.41. The molecule has 1 aliphatic rings. The minimum Gasteiger partial charge on any atom is -0.478 e. The number of carbonyl (C=O) groups excluding carboxylic acids is 1. The van der Waals surface area contributed by atoms with Crippen molar-refractivity contribution >= 4 is 5.78 Å². The number of benzene rings is 1. The number of aliphatic hydroxyl groups excluding tert-OH is 1. The molecule has 0 fully saturated rings. The molecule has 0 spiro atoms. The summed E-state index contributed by atoms with van der Waals surface area (Å²) in [4.78, 5) is 23.9. The monoisotopic (exact) mass is 290 g/mol. The van der Waals surface area contributed by atoms with E-state index in [2.05, 4.69) is 0 Å². The van der Waals surface area contributed by atoms with Gasteiger partial charge in [0.05, 0.1) is 0 Å². The van der Waals surface area contributed by atoms with E-state index in [0.717, 1.165) is 0 Å². The van der Waals surface area contributed by atoms with Gasteiger partial charge in [-0.05, 0) is 24.6 Å². The van der Waals surface area contributed by atoms with Crippen LogP contribution < -0.4 is 10.4 Å². The van der Waals surface area contributed by atoms with Gasteiger partial charge in [-0.15, -0.1) is 0 Å². The van der Waals surface area contributed by atoms with Crippen molar-refractivity contribution in [3.05, 3.63) is 63.5 Å². The molecule has 0 bridgehead atoms. The molecule has 1 aromatic carbocycles. The molecule has 0 amide bonds. The van der Waals surface area contributed by atoms with Crippen LogP contribution in [0.1, 0.15) is 27.8 Å². The van der Waals surface area contributed by atoms with Crippen LogP contribution in [0.4, 0.5) is 4.39 Å². The smallest absolute Gasteiger partial charge is 0.350 e. The molecule has 2 heterocycles. The second-order valence-corrected chi connectivity index (χ2v) is 4.78. The normalized spacial score (nSPS) is 18.2. The Kier molecular flexibility index (Phi) is 3.10. The van der Waals surface area contributed by atoms with Gasteiger partial charge in [0.25, 0.3) is 0 Å². The van der Waals surface area contributed by atoms with Gasteiger partial charge in [0.2, 0.25) is 5.78 Å². The summed E-state index contributed by atoms with van der Waals surface area (Å²) in [5.41, 5.74) is -0.667. The van der Waals surface area contributed by atoms with Gasteiger partial charge in [-0.3, -0.25) is 4.79 Å². The van der Waals surface area contributed by atoms with Gasteiger partial charge in [-0.2, -0.15) is 0 Å². The van der Waals surface area contributed by atoms with Crippen LogP contribution in [0.15, 0.2) is 39.5 Å². The molecule has 1 aromatic heterocycles. The molecule has 5 nitrogen and oxygen atoms in total. The maximum atomic E-state index is 12.9. The molecule has 2 aromatic rings. The topological polar surface area (TPSA) is 76.7 Å². The summed E-state index contributed by atoms with van der Waals surface area (Å²) < 4.78 is 23.1. The van der Waals surface area contributed by atoms with Gasteiger partial charge in [0.15, 0.2) is 6.10 Å². The van der Waals surface area contributed by atoms with E-state index in [9.17, 15) is 19.1 Å². The lowest BCUT2D eigenvalue weighted by atomic mass is 10.00. The van der Waals surface area contributed by atoms with Crippen molar-refractivity contribution in [3.63, 3.8) is 0 Å². The van der Waals surface area contributed by atoms with Gasteiger partial charge >= 0.3 is 5.63 Å². The fourth-order valence-electron chi connectivity index (χ4n) is 2.27. The van der Waals surface area contributed by atoms with E-state index in [1.54, 1.807) is 6.92 Å². The summed E-state index contributed by atoms with van der Waals surface area (Å²) in [6, 6.07) is 6.47. The quantitative estimate of drug-likeness (QED) is 0.912. The minimum absolute atomic E-state index is 0.0971. The second-order valence-electron chi connectivity index (χ2n) is 4.78. The Morgan fingerprint density at radius 3 is 2.57 bits per heavy atom. The molecule has 0 aliphatic carbocycles. The van der Waals surface area contributed by atoms with Crippen LogP contribution in [0.3, 0.4) is 0 Å². The number of hydrogen-bond acceptors (Lipinski definition) is 5. The first-order valence-electron chi connectivity index (χ1n) is 6.26. The molecular weight excluding hydrogens is 279 g/mol. The predicted octanol–water partition coefficient (Wildman–Crippen LogP) is 1.76. The SMILES string of the molecule is Cc1cc2c(c(=O)o1)C(=O)C(C(O)c1ccc(F)cc1)O2. The van der Waals surface area contributed by atoms with Crippen molar-refractivity contribution in [2.75, 3.05) is 0 Å². The van der Waals surface area contributed by atoms with Crippen molar-refractivity contribution in [2.45, 2.75) is 19.1 Å². The van der Waals surface area contributed by atoms with E-state index in [4.69, 9.17) is 9.15 Å². The van der Waals surface area contributed by atoms with Crippen LogP contribution in [-0.2, 0) is 0 Å². The number of aliphatic hydroxyl groups is 1. The fourth-order valence-corrected chi connectivity index (χ4v) is 2.27. The molecule has 21 heavy (non-hydrogen) atoms. The standard InChI is InChI=1S/C15H11FO5/c1-7-6-10-11(15(19)20-7)13(18)14(21-10)12(17)8-2-4-9(16)5-3-8/h2-6,12,14,17H,1H3. The molecule has 108 valence electrons. The number of carbonyl (C=O) groups is 1. The van der Waals surface area contributed by atoms with Crippen molar-refractivity contribution < 1.29 is 23.4 Å². The zero-order valence-corrected chi connectivity index (χ0v) is 11.0. The van der Waals surface area contributed by atoms with Gasteiger partial charge < -0.3 is 14.3 Å². The summed E-state index contributed by atoms with van der Waals surface area (Å²) in [5.74, 6) is -0.692. The van der Waals surface area contributed by atoms with E-state index in [0.29, 0.717) is 11.3 Å². The number of halogens is 1. The highest BCUT2D eigenvalue weighted by atomic mass is 19.1. The Hall–Kier alpha value is -2.47. The molecule has 6 heteroatoms. The number of ketones is 1. The second kappa shape index (κ2) is 4.82. The molecule has 1 N–H and O–H groups in total. The van der Waals surface area contributed by atoms with Gasteiger partial charge in [0.1, 0.15) is 29.0 Å². The first-order chi connectivity index (χ1) is 9.97. The molecule has 2 atom stereocenters. The lowest BCUT2D eigenvalue weighted by molar-refractivity contribution is 0.0407. The fraction of sp³-hybridized carbons (Fsp3) is 0.200. The highest BCUT2D eigenvalue weighted by Crippen LogP contribution is 2.33. The lowest BCUT2D eigenvalue weighted by Crippen LogP contribution is -2.30. The summed E-state index contributed by atoms with van der Waals surface area (Å²) >= 11 is 0. The predicted molar refractivity (Wildman–Crippen MR) is 69.8 cm³/mol. The number of aryl methyl sites for hydroxylation is 1. The third-order valence-electron chi connectivity index (χ3n) is 3.30. The Balaban J connectivity index is 1.96. The largest absolute Gasteiger partial charge is 0.478 e. The number of Topliss-reactive ketones (excluding diaryl/α,β-unsaturated/α-hetero) is 1. The Labute approximate surface area is 118 Å². The van der Waals surface area contributed by atoms with Crippen LogP contribution in [-0.4, -0.2) is 17.0 Å². The lowest BCUT2D eigenvalue weighted by Gasteiger charge is -2.17. The van der Waals surface area contributed by atoms with E-state index in [-0.39, 0.29) is 11.3 Å². The van der Waals surface area contributed by atoms with Gasteiger partial charge in [0, 0.05) is 6.07 Å². The Morgan fingerprint density at radius 1 is 1.24 bits per heavy atom. The van der Waals surface area contributed by atoms with Crippen LogP contribution in [0.2, 0.25) is 0 Å². The molecule has 0 saturated carbocycles. The third-order valence-corrected chi connectivity index (χ3v) is 3.30. The first-order valence-corrected chi connectivity index (χ1v) is 6.26. The molecule has 0 saturated heterocycles. The maximum absolute atomic E-state index is 12.9. The third kappa shape index (κ3) is 2.23. The number of fused-ring (bicyclic) bond motifs is 1. The van der Waals surface area contributed by atoms with Crippen molar-refractivity contribution in [3.8, 4) is 5.75 Å². The van der Waals surface area contributed by atoms with Crippen molar-refractivity contribution in [1.29, 1.82) is 0 Å². The maximum Gasteiger partial charge on any atom is 0.350 e. The average molecular weight is 290 g/mol. The summed E-state index contributed by atoms with van der Waals surface area (Å²) in [7, 11) is 0. The molecule has 1 aliphatic heterocycles. The van der Waals surface area contributed by atoms with E-state index in [1.807, 2.05) is 0 Å². The zero-order chi connectivity index (χ0) is 15.1. The summed E-state index contributed by atoms with van der Waals surface area (Å²) in [6.07, 6.45) is -2.54. The van der Waals surface area contributed by atoms with Crippen LogP contribution in [0, 0.1) is 12.7 Å². The van der Waals surface area contributed by atoms with Gasteiger partial charge in [-0.1, -0.05) is 12.1 Å². The summed E-state index contributed by atoms with van der Waals surface area (Å²) in [6.45, 7) is 1.55. The van der Waals surface area contributed by atoms with Crippen molar-refractivity contribution in [1.82, 2.24) is 0 Å². The van der Waals surface area contributed by atoms with E-state index in [1.165, 1.54) is 30.3 Å². The van der Waals surface area contributed by atoms with Gasteiger partial charge in [-0.25, -0.2) is 9.18 Å². The van der Waals surface area contributed by atoms with Crippen LogP contribution >= 0.6 is 0 Å². The Morgan fingerprint density at radius 2 is 1.90 bits per heavy atom. The minimum atomic E-state index is -1.30. The van der Waals surface area contributed by atoms with Crippen LogP contribution in [0.25, 0.3) is 0 Å². The Bertz CT molecular complexity index is 763.